The molecule has 3 nitrogen and oxygen atoms in total. The van der Waals surface area contributed by atoms with Crippen molar-refractivity contribution in [2.24, 2.45) is 0 Å². The highest BCUT2D eigenvalue weighted by molar-refractivity contribution is 5.77. The summed E-state index contributed by atoms with van der Waals surface area (Å²) in [5.74, 6) is 0.315. The van der Waals surface area contributed by atoms with Gasteiger partial charge in [-0.25, -0.2) is 4.39 Å². The summed E-state index contributed by atoms with van der Waals surface area (Å²) in [6, 6.07) is 7.79. The van der Waals surface area contributed by atoms with Crippen molar-refractivity contribution in [3.05, 3.63) is 52.3 Å². The molecular formula is C22H24FNO2. The molecule has 1 N–H and O–H groups in total. The van der Waals surface area contributed by atoms with Crippen molar-refractivity contribution in [1.29, 1.82) is 0 Å². The number of benzene rings is 2. The third-order valence-electron chi connectivity index (χ3n) is 6.71. The zero-order chi connectivity index (χ0) is 17.9. The number of fused-ring (bicyclic) bond motifs is 5. The van der Waals surface area contributed by atoms with Crippen LogP contribution in [0.4, 0.5) is 4.39 Å². The SMILES string of the molecule is CN1CCC2(CCc3cc4c(cc32)-c2cc(F)c(CO)cc2OC4)CC1. The third-order valence-corrected chi connectivity index (χ3v) is 6.71. The molecule has 1 aliphatic carbocycles. The van der Waals surface area contributed by atoms with Gasteiger partial charge in [0.1, 0.15) is 18.2 Å². The fourth-order valence-corrected chi connectivity index (χ4v) is 5.04. The first-order chi connectivity index (χ1) is 12.6. The number of aliphatic hydroxyl groups excluding tert-OH is 1. The number of aryl methyl sites for hydroxylation is 1. The fourth-order valence-electron chi connectivity index (χ4n) is 5.04. The molecule has 0 bridgehead atoms. The van der Waals surface area contributed by atoms with E-state index in [-0.39, 0.29) is 12.4 Å². The zero-order valence-corrected chi connectivity index (χ0v) is 15.1. The van der Waals surface area contributed by atoms with Crippen molar-refractivity contribution in [2.45, 2.75) is 44.3 Å². The van der Waals surface area contributed by atoms with Crippen LogP contribution in [0.15, 0.2) is 24.3 Å². The van der Waals surface area contributed by atoms with Gasteiger partial charge in [-0.15, -0.1) is 0 Å². The highest BCUT2D eigenvalue weighted by atomic mass is 19.1. The molecule has 1 fully saturated rings. The van der Waals surface area contributed by atoms with E-state index in [0.29, 0.717) is 23.3 Å². The van der Waals surface area contributed by atoms with Gasteiger partial charge in [0.15, 0.2) is 0 Å². The first-order valence-electron chi connectivity index (χ1n) is 9.51. The lowest BCUT2D eigenvalue weighted by Gasteiger charge is -2.39. The molecule has 4 heteroatoms. The van der Waals surface area contributed by atoms with Gasteiger partial charge in [0.05, 0.1) is 6.61 Å². The first kappa shape index (κ1) is 16.3. The Labute approximate surface area is 153 Å². The van der Waals surface area contributed by atoms with Gasteiger partial charge in [0, 0.05) is 11.1 Å². The summed E-state index contributed by atoms with van der Waals surface area (Å²) in [6.45, 7) is 2.49. The van der Waals surface area contributed by atoms with Crippen LogP contribution in [0.5, 0.6) is 5.75 Å². The molecule has 2 aliphatic heterocycles. The smallest absolute Gasteiger partial charge is 0.129 e. The Morgan fingerprint density at radius 2 is 1.88 bits per heavy atom. The van der Waals surface area contributed by atoms with Crippen molar-refractivity contribution >= 4 is 0 Å². The summed E-state index contributed by atoms with van der Waals surface area (Å²) in [5, 5.41) is 9.33. The summed E-state index contributed by atoms with van der Waals surface area (Å²) < 4.78 is 20.2. The predicted molar refractivity (Wildman–Crippen MR) is 98.8 cm³/mol. The van der Waals surface area contributed by atoms with E-state index >= 15 is 0 Å². The number of halogens is 1. The van der Waals surface area contributed by atoms with Crippen LogP contribution >= 0.6 is 0 Å². The van der Waals surface area contributed by atoms with Crippen molar-refractivity contribution < 1.29 is 14.2 Å². The van der Waals surface area contributed by atoms with Crippen molar-refractivity contribution in [2.75, 3.05) is 20.1 Å². The lowest BCUT2D eigenvalue weighted by Crippen LogP contribution is -2.39. The largest absolute Gasteiger partial charge is 0.488 e. The molecule has 0 aromatic heterocycles. The second-order valence-electron chi connectivity index (χ2n) is 8.14. The van der Waals surface area contributed by atoms with Crippen molar-refractivity contribution in [3.8, 4) is 16.9 Å². The topological polar surface area (TPSA) is 32.7 Å². The molecule has 3 aliphatic rings. The lowest BCUT2D eigenvalue weighted by molar-refractivity contribution is 0.187. The van der Waals surface area contributed by atoms with Crippen LogP contribution in [0, 0.1) is 5.82 Å². The van der Waals surface area contributed by atoms with Gasteiger partial charge in [0.25, 0.3) is 0 Å². The van der Waals surface area contributed by atoms with E-state index in [9.17, 15) is 9.50 Å². The van der Waals surface area contributed by atoms with Crippen LogP contribution < -0.4 is 4.74 Å². The third kappa shape index (κ3) is 2.32. The predicted octanol–water partition coefficient (Wildman–Crippen LogP) is 3.79. The number of hydrogen-bond donors (Lipinski definition) is 1. The molecule has 5 rings (SSSR count). The fraction of sp³-hybridized carbons (Fsp3) is 0.455. The maximum atomic E-state index is 14.3. The van der Waals surface area contributed by atoms with E-state index in [1.165, 1.54) is 36.5 Å². The van der Waals surface area contributed by atoms with Gasteiger partial charge in [-0.2, -0.15) is 0 Å². The number of piperidine rings is 1. The van der Waals surface area contributed by atoms with Crippen LogP contribution in [-0.4, -0.2) is 30.1 Å². The number of aliphatic hydroxyl groups is 1. The molecule has 136 valence electrons. The van der Waals surface area contributed by atoms with E-state index < -0.39 is 0 Å². The Hall–Kier alpha value is -1.91. The Morgan fingerprint density at radius 1 is 1.08 bits per heavy atom. The number of hydrogen-bond acceptors (Lipinski definition) is 3. The molecule has 0 radical (unpaired) electrons. The van der Waals surface area contributed by atoms with Crippen LogP contribution in [0.3, 0.4) is 0 Å². The quantitative estimate of drug-likeness (QED) is 0.847. The molecule has 0 amide bonds. The molecular weight excluding hydrogens is 329 g/mol. The van der Waals surface area contributed by atoms with E-state index in [1.54, 1.807) is 6.07 Å². The maximum absolute atomic E-state index is 14.3. The second-order valence-corrected chi connectivity index (χ2v) is 8.14. The summed E-state index contributed by atoms with van der Waals surface area (Å²) in [5.41, 5.74) is 6.58. The molecule has 2 aromatic rings. The van der Waals surface area contributed by atoms with Gasteiger partial charge < -0.3 is 14.7 Å². The van der Waals surface area contributed by atoms with Crippen LogP contribution in [0.25, 0.3) is 11.1 Å². The normalized spacial score (nSPS) is 20.4. The lowest BCUT2D eigenvalue weighted by atomic mass is 9.73. The highest BCUT2D eigenvalue weighted by Gasteiger charge is 2.41. The first-order valence-corrected chi connectivity index (χ1v) is 9.51. The van der Waals surface area contributed by atoms with Gasteiger partial charge >= 0.3 is 0 Å². The number of likely N-dealkylation sites (tertiary alicyclic amines) is 1. The van der Waals surface area contributed by atoms with Crippen LogP contribution in [0.2, 0.25) is 0 Å². The van der Waals surface area contributed by atoms with Gasteiger partial charge in [-0.05, 0) is 91.7 Å². The standard InChI is InChI=1S/C22H24FNO2/c1-24-6-4-22(5-7-24)3-2-14-8-16-13-26-21-9-15(12-25)20(23)11-18(21)17(16)10-19(14)22/h8-11,25H,2-7,12-13H2,1H3. The highest BCUT2D eigenvalue weighted by Crippen LogP contribution is 2.49. The second kappa shape index (κ2) is 5.80. The maximum Gasteiger partial charge on any atom is 0.129 e. The Kier molecular flexibility index (Phi) is 3.63. The van der Waals surface area contributed by atoms with Crippen LogP contribution in [0.1, 0.15) is 41.5 Å². The van der Waals surface area contributed by atoms with E-state index in [1.807, 2.05) is 0 Å². The van der Waals surface area contributed by atoms with Crippen molar-refractivity contribution in [3.63, 3.8) is 0 Å². The minimum atomic E-state index is -0.364. The molecule has 0 saturated carbocycles. The minimum Gasteiger partial charge on any atom is -0.488 e. The molecule has 1 saturated heterocycles. The Morgan fingerprint density at radius 3 is 2.65 bits per heavy atom. The van der Waals surface area contributed by atoms with E-state index in [0.717, 1.165) is 36.2 Å². The number of rotatable bonds is 1. The van der Waals surface area contributed by atoms with Crippen molar-refractivity contribution in [1.82, 2.24) is 4.90 Å². The zero-order valence-electron chi connectivity index (χ0n) is 15.1. The summed E-state index contributed by atoms with van der Waals surface area (Å²) in [6.07, 6.45) is 4.77. The molecule has 1 spiro atoms. The average Bonchev–Trinajstić information content (AvgIpc) is 3.00. The molecule has 0 unspecified atom stereocenters. The summed E-state index contributed by atoms with van der Waals surface area (Å²) in [7, 11) is 2.20. The number of ether oxygens (including phenoxy) is 1. The molecule has 2 aromatic carbocycles. The van der Waals surface area contributed by atoms with Gasteiger partial charge in [0.2, 0.25) is 0 Å². The van der Waals surface area contributed by atoms with Gasteiger partial charge in [-0.1, -0.05) is 6.07 Å². The van der Waals surface area contributed by atoms with E-state index in [2.05, 4.69) is 24.1 Å². The van der Waals surface area contributed by atoms with Gasteiger partial charge in [-0.3, -0.25) is 0 Å². The number of nitrogens with zero attached hydrogens (tertiary/aromatic N) is 1. The van der Waals surface area contributed by atoms with Crippen LogP contribution in [-0.2, 0) is 25.0 Å². The average molecular weight is 353 g/mol. The Bertz CT molecular complexity index is 884. The van der Waals surface area contributed by atoms with E-state index in [4.69, 9.17) is 4.74 Å². The monoisotopic (exact) mass is 353 g/mol. The summed E-state index contributed by atoms with van der Waals surface area (Å²) >= 11 is 0. The Balaban J connectivity index is 1.63. The molecule has 26 heavy (non-hydrogen) atoms. The molecule has 2 heterocycles. The molecule has 0 atom stereocenters. The summed E-state index contributed by atoms with van der Waals surface area (Å²) in [4.78, 5) is 2.41. The minimum absolute atomic E-state index is 0.291.